The second-order valence-electron chi connectivity index (χ2n) is 10.6. The first-order valence-corrected chi connectivity index (χ1v) is 13.7. The molecule has 5 atom stereocenters. The van der Waals surface area contributed by atoms with Crippen LogP contribution in [0.25, 0.3) is 11.2 Å². The Labute approximate surface area is 241 Å². The van der Waals surface area contributed by atoms with Gasteiger partial charge in [0.2, 0.25) is 5.91 Å². The van der Waals surface area contributed by atoms with Crippen molar-refractivity contribution in [3.8, 4) is 0 Å². The number of aryl methyl sites for hydroxylation is 1. The lowest BCUT2D eigenvalue weighted by molar-refractivity contribution is -0.144. The van der Waals surface area contributed by atoms with E-state index in [4.69, 9.17) is 10.5 Å². The molecule has 224 valence electrons. The molecule has 15 nitrogen and oxygen atoms in total. The number of aromatic nitrogens is 4. The summed E-state index contributed by atoms with van der Waals surface area (Å²) in [5.74, 6) is -0.906. The molecule has 2 saturated heterocycles. The van der Waals surface area contributed by atoms with Gasteiger partial charge in [-0.05, 0) is 18.4 Å². The number of nitrogens with zero attached hydrogens (tertiary/aromatic N) is 7. The lowest BCUT2D eigenvalue weighted by atomic mass is 10.0. The average Bonchev–Trinajstić information content (AvgIpc) is 3.56. The van der Waals surface area contributed by atoms with Gasteiger partial charge < -0.3 is 40.7 Å². The Kier molecular flexibility index (Phi) is 8.51. The Morgan fingerprint density at radius 3 is 2.43 bits per heavy atom. The number of nitrogen functional groups attached to an aromatic ring is 1. The molecule has 5 rings (SSSR count). The molecule has 2 aromatic heterocycles. The highest BCUT2D eigenvalue weighted by molar-refractivity contribution is 5.90. The SMILES string of the molecule is CN(C)C(=O)N1CCN(C(=O)[C@H](CCc2ccccc2)NC(=O)[C@H]2O[C@@H](n3cnc4c(N)ncnc43)[C@H](O)[C@@H]2O)CC1. The number of amides is 4. The molecule has 0 aliphatic carbocycles. The molecule has 4 heterocycles. The average molecular weight is 582 g/mol. The number of hydrogen-bond acceptors (Lipinski definition) is 10. The molecule has 15 heteroatoms. The van der Waals surface area contributed by atoms with Gasteiger partial charge in [-0.15, -0.1) is 0 Å². The third kappa shape index (κ3) is 5.84. The van der Waals surface area contributed by atoms with Crippen molar-refractivity contribution in [1.82, 2.24) is 39.5 Å². The number of rotatable bonds is 7. The van der Waals surface area contributed by atoms with E-state index in [1.165, 1.54) is 22.1 Å². The molecule has 0 unspecified atom stereocenters. The van der Waals surface area contributed by atoms with E-state index >= 15 is 0 Å². The highest BCUT2D eigenvalue weighted by Gasteiger charge is 2.48. The first-order chi connectivity index (χ1) is 20.2. The molecule has 2 aliphatic heterocycles. The standard InChI is InChI=1S/C27H35N9O6/c1-33(2)27(41)35-12-10-34(11-13-35)25(40)17(9-8-16-6-4-3-5-7-16)32-24(39)21-19(37)20(38)26(42-21)36-15-31-18-22(28)29-14-30-23(18)36/h3-7,14-15,17,19-21,26,37-38H,8-13H2,1-2H3,(H,32,39)(H2,28,29,30)/t17-,19-,20+,21-,26+/m0/s1. The second kappa shape index (κ2) is 12.3. The molecule has 5 N–H and O–H groups in total. The van der Waals surface area contributed by atoms with Crippen molar-refractivity contribution >= 4 is 34.8 Å². The van der Waals surface area contributed by atoms with E-state index in [0.717, 1.165) is 5.56 Å². The van der Waals surface area contributed by atoms with Crippen LogP contribution in [0.3, 0.4) is 0 Å². The number of imidazole rings is 1. The normalized spacial score (nSPS) is 23.1. The van der Waals surface area contributed by atoms with E-state index in [9.17, 15) is 24.6 Å². The minimum absolute atomic E-state index is 0.128. The predicted molar refractivity (Wildman–Crippen MR) is 150 cm³/mol. The molecule has 0 bridgehead atoms. The van der Waals surface area contributed by atoms with Gasteiger partial charge in [0.1, 0.15) is 30.1 Å². The fourth-order valence-electron chi connectivity index (χ4n) is 5.25. The van der Waals surface area contributed by atoms with E-state index in [-0.39, 0.29) is 28.9 Å². The van der Waals surface area contributed by atoms with E-state index in [2.05, 4.69) is 20.3 Å². The highest BCUT2D eigenvalue weighted by Crippen LogP contribution is 2.32. The smallest absolute Gasteiger partial charge is 0.319 e. The number of anilines is 1. The summed E-state index contributed by atoms with van der Waals surface area (Å²) in [7, 11) is 3.35. The molecule has 1 aromatic carbocycles. The molecule has 2 fully saturated rings. The molecule has 0 spiro atoms. The number of aliphatic hydroxyl groups excluding tert-OH is 2. The quantitative estimate of drug-likeness (QED) is 0.268. The van der Waals surface area contributed by atoms with Crippen LogP contribution >= 0.6 is 0 Å². The van der Waals surface area contributed by atoms with Crippen LogP contribution in [0.5, 0.6) is 0 Å². The van der Waals surface area contributed by atoms with Gasteiger partial charge >= 0.3 is 6.03 Å². The van der Waals surface area contributed by atoms with Crippen molar-refractivity contribution in [2.75, 3.05) is 46.0 Å². The zero-order chi connectivity index (χ0) is 30.0. The van der Waals surface area contributed by atoms with Crippen molar-refractivity contribution in [3.63, 3.8) is 0 Å². The molecular weight excluding hydrogens is 546 g/mol. The van der Waals surface area contributed by atoms with Gasteiger partial charge in [0.15, 0.2) is 23.8 Å². The van der Waals surface area contributed by atoms with Crippen LogP contribution in [0.15, 0.2) is 43.0 Å². The number of nitrogens with two attached hydrogens (primary N) is 1. The van der Waals surface area contributed by atoms with Crippen molar-refractivity contribution in [1.29, 1.82) is 0 Å². The number of hydrogen-bond donors (Lipinski definition) is 4. The van der Waals surface area contributed by atoms with Gasteiger partial charge in [0.05, 0.1) is 6.33 Å². The molecule has 0 radical (unpaired) electrons. The van der Waals surface area contributed by atoms with Crippen LogP contribution in [-0.4, -0.2) is 127 Å². The number of benzene rings is 1. The summed E-state index contributed by atoms with van der Waals surface area (Å²) in [4.78, 5) is 56.4. The number of aliphatic hydroxyl groups is 2. The second-order valence-corrected chi connectivity index (χ2v) is 10.6. The van der Waals surface area contributed by atoms with Crippen LogP contribution in [0, 0.1) is 0 Å². The number of piperazine rings is 1. The zero-order valence-corrected chi connectivity index (χ0v) is 23.4. The molecule has 2 aliphatic rings. The van der Waals surface area contributed by atoms with E-state index in [1.807, 2.05) is 30.3 Å². The maximum atomic E-state index is 13.7. The first kappa shape index (κ1) is 29.2. The number of carbonyl (C=O) groups is 3. The van der Waals surface area contributed by atoms with Crippen molar-refractivity contribution in [2.24, 2.45) is 0 Å². The Morgan fingerprint density at radius 1 is 1.05 bits per heavy atom. The van der Waals surface area contributed by atoms with E-state index < -0.39 is 36.5 Å². The van der Waals surface area contributed by atoms with Crippen LogP contribution in [0.1, 0.15) is 18.2 Å². The van der Waals surface area contributed by atoms with E-state index in [0.29, 0.717) is 39.0 Å². The molecule has 4 amide bonds. The number of carbonyl (C=O) groups excluding carboxylic acids is 3. The minimum Gasteiger partial charge on any atom is -0.387 e. The fourth-order valence-corrected chi connectivity index (χ4v) is 5.25. The summed E-state index contributed by atoms with van der Waals surface area (Å²) >= 11 is 0. The maximum absolute atomic E-state index is 13.7. The maximum Gasteiger partial charge on any atom is 0.319 e. The Hall–Kier alpha value is -4.34. The van der Waals surface area contributed by atoms with Gasteiger partial charge in [-0.1, -0.05) is 30.3 Å². The first-order valence-electron chi connectivity index (χ1n) is 13.7. The molecular formula is C27H35N9O6. The van der Waals surface area contributed by atoms with Gasteiger partial charge in [0.25, 0.3) is 5.91 Å². The Morgan fingerprint density at radius 2 is 1.74 bits per heavy atom. The number of nitrogens with one attached hydrogen (secondary N) is 1. The van der Waals surface area contributed by atoms with Crippen molar-refractivity contribution in [2.45, 2.75) is 43.4 Å². The number of ether oxygens (including phenoxy) is 1. The summed E-state index contributed by atoms with van der Waals surface area (Å²) in [5.41, 5.74) is 7.40. The van der Waals surface area contributed by atoms with Gasteiger partial charge in [0, 0.05) is 40.3 Å². The highest BCUT2D eigenvalue weighted by atomic mass is 16.6. The van der Waals surface area contributed by atoms with Crippen molar-refractivity contribution < 1.29 is 29.3 Å². The predicted octanol–water partition coefficient (Wildman–Crippen LogP) is -1.03. The molecule has 0 saturated carbocycles. The minimum atomic E-state index is -1.59. The molecule has 3 aromatic rings. The van der Waals surface area contributed by atoms with Gasteiger partial charge in [-0.25, -0.2) is 19.7 Å². The summed E-state index contributed by atoms with van der Waals surface area (Å²) < 4.78 is 7.20. The van der Waals surface area contributed by atoms with Gasteiger partial charge in [-0.3, -0.25) is 14.2 Å². The lowest BCUT2D eigenvalue weighted by Crippen LogP contribution is -2.58. The third-order valence-electron chi connectivity index (χ3n) is 7.58. The Bertz CT molecular complexity index is 1430. The zero-order valence-electron chi connectivity index (χ0n) is 23.4. The summed E-state index contributed by atoms with van der Waals surface area (Å²) in [6, 6.07) is 8.51. The monoisotopic (exact) mass is 581 g/mol. The molecule has 42 heavy (non-hydrogen) atoms. The van der Waals surface area contributed by atoms with Gasteiger partial charge in [-0.2, -0.15) is 0 Å². The lowest BCUT2D eigenvalue weighted by Gasteiger charge is -2.37. The van der Waals surface area contributed by atoms with Crippen LogP contribution in [0.4, 0.5) is 10.6 Å². The fraction of sp³-hybridized carbons (Fsp3) is 0.481. The number of fused-ring (bicyclic) bond motifs is 1. The van der Waals surface area contributed by atoms with Crippen LogP contribution in [0.2, 0.25) is 0 Å². The summed E-state index contributed by atoms with van der Waals surface area (Å²) in [6.45, 7) is 1.37. The Balaban J connectivity index is 1.30. The van der Waals surface area contributed by atoms with E-state index in [1.54, 1.807) is 23.9 Å². The summed E-state index contributed by atoms with van der Waals surface area (Å²) in [6.07, 6.45) is -2.35. The topological polar surface area (TPSA) is 192 Å². The largest absolute Gasteiger partial charge is 0.387 e. The van der Waals surface area contributed by atoms with Crippen LogP contribution in [-0.2, 0) is 20.7 Å². The van der Waals surface area contributed by atoms with Crippen LogP contribution < -0.4 is 11.1 Å². The summed E-state index contributed by atoms with van der Waals surface area (Å²) in [5, 5.41) is 24.3. The number of urea groups is 1. The van der Waals surface area contributed by atoms with Crippen molar-refractivity contribution in [3.05, 3.63) is 48.5 Å². The third-order valence-corrected chi connectivity index (χ3v) is 7.58.